The highest BCUT2D eigenvalue weighted by Gasteiger charge is 2.32. The normalized spacial score (nSPS) is 11.5. The first-order valence-corrected chi connectivity index (χ1v) is 5.03. The summed E-state index contributed by atoms with van der Waals surface area (Å²) in [4.78, 5) is 10.1. The molecular weight excluding hydrogens is 273 g/mol. The molecule has 1 aromatic carbocycles. The van der Waals surface area contributed by atoms with Gasteiger partial charge in [0.25, 0.3) is 0 Å². The van der Waals surface area contributed by atoms with Crippen molar-refractivity contribution in [2.45, 2.75) is 19.0 Å². The van der Waals surface area contributed by atoms with Gasteiger partial charge in [-0.15, -0.1) is 0 Å². The zero-order chi connectivity index (χ0) is 11.5. The zero-order valence-electron chi connectivity index (χ0n) is 7.64. The van der Waals surface area contributed by atoms with Gasteiger partial charge in [-0.2, -0.15) is 13.2 Å². The lowest BCUT2D eigenvalue weighted by molar-refractivity contribution is -0.138. The Labute approximate surface area is 93.4 Å². The third-order valence-electron chi connectivity index (χ3n) is 1.89. The summed E-state index contributed by atoms with van der Waals surface area (Å²) in [5, 5.41) is 0. The Morgan fingerprint density at radius 2 is 2.00 bits per heavy atom. The number of rotatable bonds is 3. The fraction of sp³-hybridized carbons (Fsp3) is 0.300. The molecule has 0 radical (unpaired) electrons. The minimum atomic E-state index is -4.35. The molecule has 15 heavy (non-hydrogen) atoms. The number of carbonyl (C=O) groups excluding carboxylic acids is 1. The van der Waals surface area contributed by atoms with Gasteiger partial charge in [-0.05, 0) is 24.1 Å². The van der Waals surface area contributed by atoms with Gasteiger partial charge in [0.05, 0.1) is 5.56 Å². The summed E-state index contributed by atoms with van der Waals surface area (Å²) in [7, 11) is 0. The molecular formula is C10H8BrF3O. The van der Waals surface area contributed by atoms with E-state index in [0.29, 0.717) is 18.4 Å². The number of aryl methyl sites for hydroxylation is 1. The minimum absolute atomic E-state index is 0.0124. The number of halogens is 4. The summed E-state index contributed by atoms with van der Waals surface area (Å²) in [6.45, 7) is 0. The van der Waals surface area contributed by atoms with Gasteiger partial charge in [-0.25, -0.2) is 0 Å². The number of hydrogen-bond acceptors (Lipinski definition) is 1. The Morgan fingerprint density at radius 1 is 1.33 bits per heavy atom. The highest BCUT2D eigenvalue weighted by molar-refractivity contribution is 9.10. The molecule has 0 N–H and O–H groups in total. The van der Waals surface area contributed by atoms with Crippen molar-refractivity contribution in [3.05, 3.63) is 33.8 Å². The van der Waals surface area contributed by atoms with Crippen molar-refractivity contribution in [3.63, 3.8) is 0 Å². The fourth-order valence-electron chi connectivity index (χ4n) is 1.17. The predicted octanol–water partition coefficient (Wildman–Crippen LogP) is 3.60. The summed E-state index contributed by atoms with van der Waals surface area (Å²) < 4.78 is 37.1. The van der Waals surface area contributed by atoms with Crippen molar-refractivity contribution in [1.82, 2.24) is 0 Å². The van der Waals surface area contributed by atoms with Gasteiger partial charge in [-0.3, -0.25) is 0 Å². The molecule has 0 saturated heterocycles. The average molecular weight is 281 g/mol. The summed E-state index contributed by atoms with van der Waals surface area (Å²) >= 11 is 2.87. The minimum Gasteiger partial charge on any atom is -0.303 e. The van der Waals surface area contributed by atoms with Crippen molar-refractivity contribution in [1.29, 1.82) is 0 Å². The fourth-order valence-corrected chi connectivity index (χ4v) is 1.82. The number of aldehydes is 1. The Hall–Kier alpha value is -0.840. The van der Waals surface area contributed by atoms with E-state index in [2.05, 4.69) is 15.9 Å². The average Bonchev–Trinajstić information content (AvgIpc) is 2.12. The summed E-state index contributed by atoms with van der Waals surface area (Å²) in [6, 6.07) is 3.80. The molecule has 0 aliphatic heterocycles. The molecule has 0 aliphatic rings. The van der Waals surface area contributed by atoms with E-state index in [1.54, 1.807) is 0 Å². The summed E-state index contributed by atoms with van der Waals surface area (Å²) in [5.74, 6) is 0. The van der Waals surface area contributed by atoms with Crippen LogP contribution in [0.15, 0.2) is 22.7 Å². The molecule has 0 spiro atoms. The standard InChI is InChI=1S/C10H8BrF3O/c11-9-6-7(2-1-5-15)3-4-8(9)10(12,13)14/h3-6H,1-2H2. The molecule has 5 heteroatoms. The van der Waals surface area contributed by atoms with Gasteiger partial charge in [0, 0.05) is 10.9 Å². The van der Waals surface area contributed by atoms with E-state index in [-0.39, 0.29) is 4.47 Å². The van der Waals surface area contributed by atoms with E-state index in [1.807, 2.05) is 0 Å². The highest BCUT2D eigenvalue weighted by atomic mass is 79.9. The van der Waals surface area contributed by atoms with Crippen molar-refractivity contribution in [2.24, 2.45) is 0 Å². The first-order valence-electron chi connectivity index (χ1n) is 4.24. The van der Waals surface area contributed by atoms with E-state index in [4.69, 9.17) is 0 Å². The van der Waals surface area contributed by atoms with E-state index in [0.717, 1.165) is 12.4 Å². The molecule has 1 aromatic rings. The lowest BCUT2D eigenvalue weighted by atomic mass is 10.1. The molecule has 1 rings (SSSR count). The number of benzene rings is 1. The van der Waals surface area contributed by atoms with E-state index < -0.39 is 11.7 Å². The van der Waals surface area contributed by atoms with Gasteiger partial charge in [-0.1, -0.05) is 22.0 Å². The third-order valence-corrected chi connectivity index (χ3v) is 2.55. The van der Waals surface area contributed by atoms with E-state index in [1.165, 1.54) is 12.1 Å². The van der Waals surface area contributed by atoms with Crippen molar-refractivity contribution in [3.8, 4) is 0 Å². The van der Waals surface area contributed by atoms with Gasteiger partial charge in [0.1, 0.15) is 6.29 Å². The second kappa shape index (κ2) is 4.79. The topological polar surface area (TPSA) is 17.1 Å². The maximum absolute atomic E-state index is 12.3. The molecule has 0 unspecified atom stereocenters. The molecule has 0 fully saturated rings. The molecule has 0 aromatic heterocycles. The van der Waals surface area contributed by atoms with E-state index >= 15 is 0 Å². The monoisotopic (exact) mass is 280 g/mol. The van der Waals surface area contributed by atoms with Crippen LogP contribution in [0.4, 0.5) is 13.2 Å². The van der Waals surface area contributed by atoms with Crippen LogP contribution in [0.5, 0.6) is 0 Å². The van der Waals surface area contributed by atoms with Crippen LogP contribution >= 0.6 is 15.9 Å². The van der Waals surface area contributed by atoms with Crippen molar-refractivity contribution < 1.29 is 18.0 Å². The van der Waals surface area contributed by atoms with Crippen molar-refractivity contribution in [2.75, 3.05) is 0 Å². The summed E-state index contributed by atoms with van der Waals surface area (Å²) in [6.07, 6.45) is -2.83. The SMILES string of the molecule is O=CCCc1ccc(C(F)(F)F)c(Br)c1. The molecule has 0 aliphatic carbocycles. The van der Waals surface area contributed by atoms with Gasteiger partial charge >= 0.3 is 6.18 Å². The maximum atomic E-state index is 12.3. The smallest absolute Gasteiger partial charge is 0.303 e. The van der Waals surface area contributed by atoms with Crippen LogP contribution in [0.3, 0.4) is 0 Å². The summed E-state index contributed by atoms with van der Waals surface area (Å²) in [5.41, 5.74) is 0.0133. The Kier molecular flexibility index (Phi) is 3.90. The highest BCUT2D eigenvalue weighted by Crippen LogP contribution is 2.35. The first-order chi connectivity index (χ1) is 6.95. The van der Waals surface area contributed by atoms with Gasteiger partial charge in [0.2, 0.25) is 0 Å². The van der Waals surface area contributed by atoms with Crippen LogP contribution in [-0.2, 0) is 17.4 Å². The van der Waals surface area contributed by atoms with Gasteiger partial charge < -0.3 is 4.79 Å². The lowest BCUT2D eigenvalue weighted by Crippen LogP contribution is -2.06. The van der Waals surface area contributed by atoms with Gasteiger partial charge in [0.15, 0.2) is 0 Å². The van der Waals surface area contributed by atoms with Crippen LogP contribution in [0, 0.1) is 0 Å². The predicted molar refractivity (Wildman–Crippen MR) is 53.5 cm³/mol. The Morgan fingerprint density at radius 3 is 2.47 bits per heavy atom. The zero-order valence-corrected chi connectivity index (χ0v) is 9.23. The molecule has 1 nitrogen and oxygen atoms in total. The van der Waals surface area contributed by atoms with Crippen LogP contribution in [-0.4, -0.2) is 6.29 Å². The third kappa shape index (κ3) is 3.34. The first kappa shape index (κ1) is 12.2. The number of hydrogen-bond donors (Lipinski definition) is 0. The Balaban J connectivity index is 2.93. The number of carbonyl (C=O) groups is 1. The van der Waals surface area contributed by atoms with Crippen molar-refractivity contribution >= 4 is 22.2 Å². The molecule has 0 heterocycles. The van der Waals surface area contributed by atoms with E-state index in [9.17, 15) is 18.0 Å². The molecule has 0 atom stereocenters. The molecule has 0 saturated carbocycles. The molecule has 0 amide bonds. The van der Waals surface area contributed by atoms with Crippen LogP contribution in [0.2, 0.25) is 0 Å². The number of alkyl halides is 3. The van der Waals surface area contributed by atoms with Crippen LogP contribution in [0.25, 0.3) is 0 Å². The van der Waals surface area contributed by atoms with Crippen LogP contribution < -0.4 is 0 Å². The Bertz CT molecular complexity index is 360. The molecule has 0 bridgehead atoms. The maximum Gasteiger partial charge on any atom is 0.417 e. The van der Waals surface area contributed by atoms with Crippen LogP contribution in [0.1, 0.15) is 17.5 Å². The second-order valence-corrected chi connectivity index (χ2v) is 3.87. The largest absolute Gasteiger partial charge is 0.417 e. The lowest BCUT2D eigenvalue weighted by Gasteiger charge is -2.09. The second-order valence-electron chi connectivity index (χ2n) is 3.02. The molecule has 82 valence electrons. The quantitative estimate of drug-likeness (QED) is 0.774.